The van der Waals surface area contributed by atoms with Gasteiger partial charge in [-0.1, -0.05) is 0 Å². The molecule has 66 valence electrons. The van der Waals surface area contributed by atoms with Gasteiger partial charge in [0.2, 0.25) is 0 Å². The molecule has 0 radical (unpaired) electrons. The van der Waals surface area contributed by atoms with Gasteiger partial charge in [-0.2, -0.15) is 0 Å². The smallest absolute Gasteiger partial charge is 0.269 e. The van der Waals surface area contributed by atoms with Crippen LogP contribution >= 0.6 is 15.9 Å². The van der Waals surface area contributed by atoms with Crippen LogP contribution < -0.4 is 5.56 Å². The van der Waals surface area contributed by atoms with Crippen molar-refractivity contribution in [1.29, 1.82) is 0 Å². The molecule has 0 amide bonds. The minimum atomic E-state index is -0.121. The van der Waals surface area contributed by atoms with Gasteiger partial charge in [0.15, 0.2) is 0 Å². The molecule has 0 aliphatic heterocycles. The Morgan fingerprint density at radius 2 is 2.42 bits per heavy atom. The van der Waals surface area contributed by atoms with Crippen LogP contribution in [0.4, 0.5) is 0 Å². The van der Waals surface area contributed by atoms with E-state index in [0.717, 1.165) is 0 Å². The first-order valence-corrected chi connectivity index (χ1v) is 4.16. The van der Waals surface area contributed by atoms with E-state index in [1.807, 2.05) is 0 Å². The molecule has 4 nitrogen and oxygen atoms in total. The van der Waals surface area contributed by atoms with E-state index < -0.39 is 0 Å². The highest BCUT2D eigenvalue weighted by Gasteiger charge is 2.03. The van der Waals surface area contributed by atoms with Crippen LogP contribution in [0.2, 0.25) is 0 Å². The lowest BCUT2D eigenvalue weighted by molar-refractivity contribution is 0.127. The molecular formula is C7H9BrN2O2. The Morgan fingerprint density at radius 1 is 1.75 bits per heavy atom. The molecular weight excluding hydrogens is 224 g/mol. The number of ether oxygens (including phenoxy) is 1. The molecule has 1 aromatic rings. The largest absolute Gasteiger partial charge is 0.364 e. The molecule has 0 atom stereocenters. The molecule has 0 fully saturated rings. The third-order valence-electron chi connectivity index (χ3n) is 1.43. The van der Waals surface area contributed by atoms with Crippen molar-refractivity contribution in [3.05, 3.63) is 26.8 Å². The van der Waals surface area contributed by atoms with Crippen molar-refractivity contribution in [2.24, 2.45) is 0 Å². The van der Waals surface area contributed by atoms with E-state index in [0.29, 0.717) is 10.2 Å². The van der Waals surface area contributed by atoms with Crippen LogP contribution in [0.25, 0.3) is 0 Å². The fourth-order valence-electron chi connectivity index (χ4n) is 0.777. The summed E-state index contributed by atoms with van der Waals surface area (Å²) < 4.78 is 6.68. The predicted octanol–water partition coefficient (Wildman–Crippen LogP) is 0.918. The van der Waals surface area contributed by atoms with Crippen molar-refractivity contribution in [2.45, 2.75) is 13.7 Å². The van der Waals surface area contributed by atoms with Gasteiger partial charge in [0, 0.05) is 7.11 Å². The van der Waals surface area contributed by atoms with Gasteiger partial charge >= 0.3 is 0 Å². The van der Waals surface area contributed by atoms with E-state index in [1.54, 1.807) is 6.92 Å². The topological polar surface area (TPSA) is 44.1 Å². The van der Waals surface area contributed by atoms with E-state index in [9.17, 15) is 4.79 Å². The van der Waals surface area contributed by atoms with Gasteiger partial charge in [-0.15, -0.1) is 0 Å². The Morgan fingerprint density at radius 3 is 3.00 bits per heavy atom. The Kier molecular flexibility index (Phi) is 2.99. The number of aryl methyl sites for hydroxylation is 1. The van der Waals surface area contributed by atoms with Gasteiger partial charge in [-0.05, 0) is 22.9 Å². The molecule has 0 saturated heterocycles. The second kappa shape index (κ2) is 3.82. The second-order valence-electron chi connectivity index (χ2n) is 2.34. The zero-order chi connectivity index (χ0) is 9.14. The fourth-order valence-corrected chi connectivity index (χ4v) is 1.11. The Hall–Kier alpha value is -0.680. The molecule has 0 saturated carbocycles. The number of halogens is 1. The predicted molar refractivity (Wildman–Crippen MR) is 47.9 cm³/mol. The number of rotatable bonds is 2. The number of hydrogen-bond acceptors (Lipinski definition) is 3. The third kappa shape index (κ3) is 1.73. The minimum Gasteiger partial charge on any atom is -0.364 e. The third-order valence-corrected chi connectivity index (χ3v) is 2.34. The minimum absolute atomic E-state index is 0.121. The fraction of sp³-hybridized carbons (Fsp3) is 0.429. The first-order chi connectivity index (χ1) is 5.66. The summed E-state index contributed by atoms with van der Waals surface area (Å²) in [5.74, 6) is 0. The summed E-state index contributed by atoms with van der Waals surface area (Å²) in [6.07, 6.45) is 1.46. The lowest BCUT2D eigenvalue weighted by Crippen LogP contribution is -2.22. The lowest BCUT2D eigenvalue weighted by atomic mass is 10.4. The van der Waals surface area contributed by atoms with Crippen LogP contribution in [0.5, 0.6) is 0 Å². The van der Waals surface area contributed by atoms with Crippen LogP contribution in [0.3, 0.4) is 0 Å². The van der Waals surface area contributed by atoms with Crippen molar-refractivity contribution in [3.63, 3.8) is 0 Å². The maximum Gasteiger partial charge on any atom is 0.269 e. The van der Waals surface area contributed by atoms with Gasteiger partial charge in [0.05, 0.1) is 12.0 Å². The lowest BCUT2D eigenvalue weighted by Gasteiger charge is -2.04. The summed E-state index contributed by atoms with van der Waals surface area (Å²) in [5, 5.41) is 0. The van der Waals surface area contributed by atoms with E-state index >= 15 is 0 Å². The van der Waals surface area contributed by atoms with Crippen LogP contribution in [0.1, 0.15) is 5.69 Å². The van der Waals surface area contributed by atoms with Crippen LogP contribution in [0, 0.1) is 6.92 Å². The standard InChI is InChI=1S/C7H9BrN2O2/c1-5-6(8)7(11)10(3-9-5)4-12-2/h3H,4H2,1-2H3. The molecule has 0 unspecified atom stereocenters. The maximum absolute atomic E-state index is 11.4. The van der Waals surface area contributed by atoms with Gasteiger partial charge in [0.25, 0.3) is 5.56 Å². The zero-order valence-corrected chi connectivity index (χ0v) is 8.46. The van der Waals surface area contributed by atoms with Crippen LogP contribution in [-0.2, 0) is 11.5 Å². The molecule has 5 heteroatoms. The summed E-state index contributed by atoms with van der Waals surface area (Å²) in [5.41, 5.74) is 0.566. The first kappa shape index (κ1) is 9.41. The molecule has 0 bridgehead atoms. The van der Waals surface area contributed by atoms with Crippen LogP contribution in [-0.4, -0.2) is 16.7 Å². The average Bonchev–Trinajstić information content (AvgIpc) is 2.07. The summed E-state index contributed by atoms with van der Waals surface area (Å²) in [6, 6.07) is 0. The van der Waals surface area contributed by atoms with E-state index in [1.165, 1.54) is 18.0 Å². The Labute approximate surface area is 78.3 Å². The zero-order valence-electron chi connectivity index (χ0n) is 6.87. The van der Waals surface area contributed by atoms with Crippen molar-refractivity contribution in [1.82, 2.24) is 9.55 Å². The number of hydrogen-bond donors (Lipinski definition) is 0. The second-order valence-corrected chi connectivity index (χ2v) is 3.13. The molecule has 0 aliphatic carbocycles. The molecule has 0 aromatic carbocycles. The number of methoxy groups -OCH3 is 1. The van der Waals surface area contributed by atoms with E-state index in [2.05, 4.69) is 20.9 Å². The van der Waals surface area contributed by atoms with Gasteiger partial charge in [0.1, 0.15) is 11.2 Å². The highest BCUT2D eigenvalue weighted by Crippen LogP contribution is 2.05. The Bertz CT molecular complexity index is 335. The van der Waals surface area contributed by atoms with Crippen molar-refractivity contribution in [3.8, 4) is 0 Å². The summed E-state index contributed by atoms with van der Waals surface area (Å²) >= 11 is 3.15. The molecule has 0 spiro atoms. The molecule has 0 aliphatic rings. The normalized spacial score (nSPS) is 10.2. The van der Waals surface area contributed by atoms with E-state index in [4.69, 9.17) is 4.74 Å². The highest BCUT2D eigenvalue weighted by atomic mass is 79.9. The van der Waals surface area contributed by atoms with Crippen molar-refractivity contribution >= 4 is 15.9 Å². The summed E-state index contributed by atoms with van der Waals surface area (Å²) in [6.45, 7) is 1.99. The molecule has 0 N–H and O–H groups in total. The Balaban J connectivity index is 3.18. The molecule has 1 rings (SSSR count). The van der Waals surface area contributed by atoms with Gasteiger partial charge < -0.3 is 4.74 Å². The van der Waals surface area contributed by atoms with Gasteiger partial charge in [-0.25, -0.2) is 4.98 Å². The van der Waals surface area contributed by atoms with Gasteiger partial charge in [-0.3, -0.25) is 9.36 Å². The summed E-state index contributed by atoms with van der Waals surface area (Å²) in [4.78, 5) is 15.4. The highest BCUT2D eigenvalue weighted by molar-refractivity contribution is 9.10. The quantitative estimate of drug-likeness (QED) is 0.762. The van der Waals surface area contributed by atoms with Crippen molar-refractivity contribution in [2.75, 3.05) is 7.11 Å². The SMILES string of the molecule is COCn1cnc(C)c(Br)c1=O. The van der Waals surface area contributed by atoms with Crippen molar-refractivity contribution < 1.29 is 4.74 Å². The number of nitrogens with zero attached hydrogens (tertiary/aromatic N) is 2. The summed E-state index contributed by atoms with van der Waals surface area (Å²) in [7, 11) is 1.53. The molecule has 12 heavy (non-hydrogen) atoms. The first-order valence-electron chi connectivity index (χ1n) is 3.37. The number of aromatic nitrogens is 2. The average molecular weight is 233 g/mol. The van der Waals surface area contributed by atoms with E-state index in [-0.39, 0.29) is 12.3 Å². The van der Waals surface area contributed by atoms with Crippen LogP contribution in [0.15, 0.2) is 15.6 Å². The molecule has 1 aromatic heterocycles. The molecule has 1 heterocycles. The maximum atomic E-state index is 11.4. The monoisotopic (exact) mass is 232 g/mol.